The molecular weight excluding hydrogens is 402 g/mol. The summed E-state index contributed by atoms with van der Waals surface area (Å²) in [6.07, 6.45) is -5.36. The number of carbonyl (C=O) groups is 1. The summed E-state index contributed by atoms with van der Waals surface area (Å²) in [7, 11) is 0. The third-order valence-corrected chi connectivity index (χ3v) is 5.18. The Labute approximate surface area is 171 Å². The number of hydrogen-bond donors (Lipinski definition) is 0. The fourth-order valence-corrected chi connectivity index (χ4v) is 3.32. The molecular formula is C22H21F4NO3. The lowest BCUT2D eigenvalue weighted by Gasteiger charge is -2.14. The van der Waals surface area contributed by atoms with Crippen LogP contribution in [-0.2, 0) is 9.53 Å². The second-order valence-corrected chi connectivity index (χ2v) is 7.73. The number of rotatable bonds is 6. The van der Waals surface area contributed by atoms with Gasteiger partial charge in [0, 0.05) is 6.07 Å². The summed E-state index contributed by atoms with van der Waals surface area (Å²) in [5, 5.41) is 0. The van der Waals surface area contributed by atoms with Crippen LogP contribution in [0.1, 0.15) is 32.6 Å². The molecule has 0 radical (unpaired) electrons. The van der Waals surface area contributed by atoms with Crippen molar-refractivity contribution in [1.82, 2.24) is 4.98 Å². The van der Waals surface area contributed by atoms with Crippen molar-refractivity contribution in [3.8, 4) is 11.6 Å². The van der Waals surface area contributed by atoms with Gasteiger partial charge in [0.25, 0.3) is 0 Å². The molecule has 1 fully saturated rings. The van der Waals surface area contributed by atoms with Gasteiger partial charge in [0.05, 0.1) is 11.6 Å². The number of ether oxygens (including phenoxy) is 2. The third kappa shape index (κ3) is 4.80. The number of allylic oxidation sites excluding steroid dienone is 2. The lowest BCUT2D eigenvalue weighted by Crippen LogP contribution is -2.14. The van der Waals surface area contributed by atoms with Gasteiger partial charge in [0.2, 0.25) is 5.88 Å². The molecule has 0 saturated heterocycles. The lowest BCUT2D eigenvalue weighted by molar-refractivity contribution is -0.151. The number of para-hydroxylation sites is 1. The summed E-state index contributed by atoms with van der Waals surface area (Å²) < 4.78 is 61.7. The summed E-state index contributed by atoms with van der Waals surface area (Å²) >= 11 is 0. The SMILES string of the molecule is CC(OC(=O)[C@@H]1[C@@H](C=C(F)C(F)(F)F)C1(C)C)c1cccc(Oc2ccccc2)n1. The van der Waals surface area contributed by atoms with E-state index in [4.69, 9.17) is 9.47 Å². The van der Waals surface area contributed by atoms with E-state index in [0.29, 0.717) is 23.4 Å². The van der Waals surface area contributed by atoms with E-state index in [-0.39, 0.29) is 0 Å². The topological polar surface area (TPSA) is 48.4 Å². The molecule has 1 unspecified atom stereocenters. The molecule has 1 heterocycles. The van der Waals surface area contributed by atoms with Gasteiger partial charge in [-0.15, -0.1) is 0 Å². The molecule has 0 spiro atoms. The van der Waals surface area contributed by atoms with Gasteiger partial charge in [-0.25, -0.2) is 9.37 Å². The number of benzene rings is 1. The Morgan fingerprint density at radius 3 is 2.43 bits per heavy atom. The van der Waals surface area contributed by atoms with Crippen molar-refractivity contribution in [3.05, 3.63) is 66.1 Å². The maximum atomic E-state index is 13.3. The Bertz CT molecular complexity index is 941. The van der Waals surface area contributed by atoms with Crippen LogP contribution >= 0.6 is 0 Å². The Hall–Kier alpha value is -2.90. The van der Waals surface area contributed by atoms with Crippen LogP contribution in [-0.4, -0.2) is 17.1 Å². The first kappa shape index (κ1) is 21.8. The van der Waals surface area contributed by atoms with E-state index in [1.165, 1.54) is 0 Å². The largest absolute Gasteiger partial charge is 0.456 e. The highest BCUT2D eigenvalue weighted by Gasteiger charge is 2.62. The van der Waals surface area contributed by atoms with Crippen LogP contribution in [0.4, 0.5) is 17.6 Å². The van der Waals surface area contributed by atoms with Gasteiger partial charge in [0.15, 0.2) is 5.83 Å². The van der Waals surface area contributed by atoms with Crippen LogP contribution in [0.15, 0.2) is 60.4 Å². The first-order chi connectivity index (χ1) is 14.0. The van der Waals surface area contributed by atoms with Gasteiger partial charge in [0.1, 0.15) is 11.9 Å². The number of halogens is 4. The molecule has 1 aromatic heterocycles. The molecule has 1 aliphatic rings. The van der Waals surface area contributed by atoms with Crippen LogP contribution in [0.5, 0.6) is 11.6 Å². The Morgan fingerprint density at radius 2 is 1.80 bits per heavy atom. The molecule has 0 amide bonds. The Balaban J connectivity index is 1.67. The van der Waals surface area contributed by atoms with E-state index in [0.717, 1.165) is 0 Å². The molecule has 3 atom stereocenters. The van der Waals surface area contributed by atoms with Crippen molar-refractivity contribution >= 4 is 5.97 Å². The number of aromatic nitrogens is 1. The van der Waals surface area contributed by atoms with E-state index < -0.39 is 41.3 Å². The lowest BCUT2D eigenvalue weighted by atomic mass is 10.1. The number of alkyl halides is 3. The Morgan fingerprint density at radius 1 is 1.13 bits per heavy atom. The van der Waals surface area contributed by atoms with E-state index in [9.17, 15) is 22.4 Å². The molecule has 4 nitrogen and oxygen atoms in total. The van der Waals surface area contributed by atoms with Gasteiger partial charge in [-0.2, -0.15) is 13.2 Å². The second kappa shape index (κ2) is 8.08. The molecule has 0 N–H and O–H groups in total. The van der Waals surface area contributed by atoms with Crippen LogP contribution in [0.25, 0.3) is 0 Å². The number of nitrogens with zero attached hydrogens (tertiary/aromatic N) is 1. The number of carbonyl (C=O) groups excluding carboxylic acids is 1. The maximum Gasteiger partial charge on any atom is 0.442 e. The van der Waals surface area contributed by atoms with Crippen LogP contribution in [0, 0.1) is 17.3 Å². The fraction of sp³-hybridized carbons (Fsp3) is 0.364. The highest BCUT2D eigenvalue weighted by atomic mass is 19.4. The molecule has 1 saturated carbocycles. The quantitative estimate of drug-likeness (QED) is 0.412. The molecule has 160 valence electrons. The summed E-state index contributed by atoms with van der Waals surface area (Å²) in [5.41, 5.74) is -0.408. The summed E-state index contributed by atoms with van der Waals surface area (Å²) in [4.78, 5) is 16.8. The van der Waals surface area contributed by atoms with E-state index in [1.807, 2.05) is 18.2 Å². The predicted octanol–water partition coefficient (Wildman–Crippen LogP) is 6.17. The predicted molar refractivity (Wildman–Crippen MR) is 101 cm³/mol. The first-order valence-electron chi connectivity index (χ1n) is 9.35. The van der Waals surface area contributed by atoms with Gasteiger partial charge < -0.3 is 9.47 Å². The summed E-state index contributed by atoms with van der Waals surface area (Å²) in [6.45, 7) is 4.80. The van der Waals surface area contributed by atoms with Gasteiger partial charge in [-0.1, -0.05) is 38.1 Å². The highest BCUT2D eigenvalue weighted by Crippen LogP contribution is 2.60. The van der Waals surface area contributed by atoms with Crippen molar-refractivity contribution in [2.24, 2.45) is 17.3 Å². The first-order valence-corrected chi connectivity index (χ1v) is 9.35. The minimum absolute atomic E-state index is 0.307. The van der Waals surface area contributed by atoms with Crippen molar-refractivity contribution in [1.29, 1.82) is 0 Å². The van der Waals surface area contributed by atoms with Crippen molar-refractivity contribution < 1.29 is 31.8 Å². The molecule has 8 heteroatoms. The average Bonchev–Trinajstić information content (AvgIpc) is 3.22. The van der Waals surface area contributed by atoms with Crippen molar-refractivity contribution in [2.75, 3.05) is 0 Å². The van der Waals surface area contributed by atoms with Crippen LogP contribution < -0.4 is 4.74 Å². The second-order valence-electron chi connectivity index (χ2n) is 7.73. The number of pyridine rings is 1. The minimum Gasteiger partial charge on any atom is -0.456 e. The van der Waals surface area contributed by atoms with E-state index in [1.54, 1.807) is 51.1 Å². The average molecular weight is 423 g/mol. The van der Waals surface area contributed by atoms with Crippen LogP contribution in [0.2, 0.25) is 0 Å². The normalized spacial score (nSPS) is 21.6. The van der Waals surface area contributed by atoms with Crippen molar-refractivity contribution in [2.45, 2.75) is 33.1 Å². The molecule has 1 aromatic carbocycles. The molecule has 30 heavy (non-hydrogen) atoms. The summed E-state index contributed by atoms with van der Waals surface area (Å²) in [6, 6.07) is 14.0. The van der Waals surface area contributed by atoms with Gasteiger partial charge >= 0.3 is 12.1 Å². The minimum atomic E-state index is -5.07. The summed E-state index contributed by atoms with van der Waals surface area (Å²) in [5.74, 6) is -3.75. The van der Waals surface area contributed by atoms with E-state index >= 15 is 0 Å². The molecule has 2 aromatic rings. The zero-order chi connectivity index (χ0) is 22.1. The standard InChI is InChI=1S/C22H21F4NO3/c1-13(16-10-7-11-18(27-16)30-14-8-5-4-6-9-14)29-20(28)19-15(21(19,2)3)12-17(23)22(24,25)26/h4-13,15,19H,1-3H3/t13?,15-,19+/m1/s1. The number of hydrogen-bond acceptors (Lipinski definition) is 4. The maximum absolute atomic E-state index is 13.3. The van der Waals surface area contributed by atoms with E-state index in [2.05, 4.69) is 4.98 Å². The number of esters is 1. The fourth-order valence-electron chi connectivity index (χ4n) is 3.32. The monoisotopic (exact) mass is 423 g/mol. The zero-order valence-corrected chi connectivity index (χ0v) is 16.6. The molecule has 0 bridgehead atoms. The molecule has 1 aliphatic carbocycles. The highest BCUT2D eigenvalue weighted by molar-refractivity contribution is 5.78. The Kier molecular flexibility index (Phi) is 5.87. The van der Waals surface area contributed by atoms with Crippen LogP contribution in [0.3, 0.4) is 0 Å². The van der Waals surface area contributed by atoms with Gasteiger partial charge in [-0.05, 0) is 42.5 Å². The van der Waals surface area contributed by atoms with Crippen molar-refractivity contribution in [3.63, 3.8) is 0 Å². The van der Waals surface area contributed by atoms with Gasteiger partial charge in [-0.3, -0.25) is 4.79 Å². The third-order valence-electron chi connectivity index (χ3n) is 5.18. The zero-order valence-electron chi connectivity index (χ0n) is 16.6. The molecule has 3 rings (SSSR count). The molecule has 0 aliphatic heterocycles. The smallest absolute Gasteiger partial charge is 0.442 e.